The van der Waals surface area contributed by atoms with Crippen molar-refractivity contribution in [1.29, 1.82) is 0 Å². The molecule has 1 atom stereocenters. The van der Waals surface area contributed by atoms with Gasteiger partial charge >= 0.3 is 6.09 Å². The van der Waals surface area contributed by atoms with Crippen LogP contribution in [0, 0.1) is 11.8 Å². The number of carbonyl (C=O) groups is 1. The highest BCUT2D eigenvalue weighted by Gasteiger charge is 2.27. The lowest BCUT2D eigenvalue weighted by molar-refractivity contribution is -0.00159. The second-order valence-corrected chi connectivity index (χ2v) is 6.99. The van der Waals surface area contributed by atoms with Gasteiger partial charge in [0.1, 0.15) is 5.60 Å². The summed E-state index contributed by atoms with van der Waals surface area (Å²) in [7, 11) is 0. The van der Waals surface area contributed by atoms with Gasteiger partial charge in [0.05, 0.1) is 6.61 Å². The van der Waals surface area contributed by atoms with E-state index in [0.29, 0.717) is 18.4 Å². The molecule has 1 rings (SSSR count). The van der Waals surface area contributed by atoms with E-state index in [1.54, 1.807) is 0 Å². The number of hydrogen-bond donors (Lipinski definition) is 1. The Balaban J connectivity index is 2.29. The Hall–Kier alpha value is -0.810. The zero-order valence-corrected chi connectivity index (χ0v) is 13.6. The van der Waals surface area contributed by atoms with Crippen molar-refractivity contribution in [3.8, 4) is 0 Å². The minimum Gasteiger partial charge on any atom is -0.444 e. The average molecular weight is 286 g/mol. The van der Waals surface area contributed by atoms with Gasteiger partial charge in [-0.15, -0.1) is 0 Å². The SMILES string of the molecule is CC(C)CONCC1CCCN(C(=O)OC(C)(C)C)C1. The first-order valence-electron chi connectivity index (χ1n) is 7.60. The standard InChI is InChI=1S/C15H30N2O3/c1-12(2)11-19-16-9-13-7-6-8-17(10-13)14(18)20-15(3,4)5/h12-13,16H,6-11H2,1-5H3. The Morgan fingerprint density at radius 1 is 1.40 bits per heavy atom. The molecular weight excluding hydrogens is 256 g/mol. The van der Waals surface area contributed by atoms with Crippen LogP contribution in [-0.4, -0.2) is 42.8 Å². The Bertz CT molecular complexity index is 300. The minimum atomic E-state index is -0.428. The fourth-order valence-electron chi connectivity index (χ4n) is 2.13. The van der Waals surface area contributed by atoms with Gasteiger partial charge in [-0.05, 0) is 45.4 Å². The summed E-state index contributed by atoms with van der Waals surface area (Å²) in [6, 6.07) is 0. The molecule has 0 aliphatic carbocycles. The van der Waals surface area contributed by atoms with Crippen molar-refractivity contribution in [1.82, 2.24) is 10.4 Å². The van der Waals surface area contributed by atoms with Crippen LogP contribution in [0.1, 0.15) is 47.5 Å². The van der Waals surface area contributed by atoms with E-state index in [0.717, 1.165) is 32.5 Å². The third-order valence-electron chi connectivity index (χ3n) is 3.06. The molecule has 5 nitrogen and oxygen atoms in total. The number of piperidine rings is 1. The Kier molecular flexibility index (Phi) is 6.76. The van der Waals surface area contributed by atoms with Gasteiger partial charge in [-0.3, -0.25) is 0 Å². The Morgan fingerprint density at radius 3 is 2.70 bits per heavy atom. The second-order valence-electron chi connectivity index (χ2n) is 6.99. The molecule has 118 valence electrons. The number of likely N-dealkylation sites (tertiary alicyclic amines) is 1. The molecule has 0 radical (unpaired) electrons. The third-order valence-corrected chi connectivity index (χ3v) is 3.06. The molecule has 0 aromatic carbocycles. The van der Waals surface area contributed by atoms with Gasteiger partial charge in [0.15, 0.2) is 0 Å². The summed E-state index contributed by atoms with van der Waals surface area (Å²) in [5.41, 5.74) is 2.59. The summed E-state index contributed by atoms with van der Waals surface area (Å²) in [6.07, 6.45) is 1.94. The van der Waals surface area contributed by atoms with E-state index in [1.165, 1.54) is 0 Å². The highest BCUT2D eigenvalue weighted by Crippen LogP contribution is 2.18. The molecule has 1 fully saturated rings. The van der Waals surface area contributed by atoms with Crippen molar-refractivity contribution >= 4 is 6.09 Å². The van der Waals surface area contributed by atoms with Crippen molar-refractivity contribution in [3.63, 3.8) is 0 Å². The monoisotopic (exact) mass is 286 g/mol. The molecule has 0 aromatic heterocycles. The Labute approximate surface area is 122 Å². The van der Waals surface area contributed by atoms with Gasteiger partial charge in [0, 0.05) is 19.6 Å². The summed E-state index contributed by atoms with van der Waals surface area (Å²) in [6.45, 7) is 13.0. The third kappa shape index (κ3) is 7.10. The van der Waals surface area contributed by atoms with Crippen LogP contribution in [0.15, 0.2) is 0 Å². The van der Waals surface area contributed by atoms with Gasteiger partial charge in [0.25, 0.3) is 0 Å². The van der Waals surface area contributed by atoms with E-state index in [2.05, 4.69) is 19.3 Å². The van der Waals surface area contributed by atoms with E-state index in [1.807, 2.05) is 25.7 Å². The molecule has 1 amide bonds. The van der Waals surface area contributed by atoms with Crippen LogP contribution >= 0.6 is 0 Å². The average Bonchev–Trinajstić information content (AvgIpc) is 2.33. The highest BCUT2D eigenvalue weighted by atomic mass is 16.6. The van der Waals surface area contributed by atoms with Gasteiger partial charge in [0.2, 0.25) is 0 Å². The predicted molar refractivity (Wildman–Crippen MR) is 79.3 cm³/mol. The zero-order valence-electron chi connectivity index (χ0n) is 13.6. The Morgan fingerprint density at radius 2 is 2.10 bits per heavy atom. The zero-order chi connectivity index (χ0) is 15.2. The lowest BCUT2D eigenvalue weighted by Gasteiger charge is -2.34. The molecule has 0 bridgehead atoms. The van der Waals surface area contributed by atoms with Crippen molar-refractivity contribution in [3.05, 3.63) is 0 Å². The normalized spacial score (nSPS) is 20.3. The van der Waals surface area contributed by atoms with E-state index >= 15 is 0 Å². The summed E-state index contributed by atoms with van der Waals surface area (Å²) >= 11 is 0. The number of ether oxygens (including phenoxy) is 1. The number of rotatable bonds is 5. The van der Waals surface area contributed by atoms with Crippen molar-refractivity contribution in [2.24, 2.45) is 11.8 Å². The number of carbonyl (C=O) groups excluding carboxylic acids is 1. The quantitative estimate of drug-likeness (QED) is 0.624. The summed E-state index contributed by atoms with van der Waals surface area (Å²) in [4.78, 5) is 19.2. The summed E-state index contributed by atoms with van der Waals surface area (Å²) < 4.78 is 5.42. The molecule has 0 saturated carbocycles. The fourth-order valence-corrected chi connectivity index (χ4v) is 2.13. The first kappa shape index (κ1) is 17.2. The van der Waals surface area contributed by atoms with Crippen LogP contribution in [0.4, 0.5) is 4.79 Å². The van der Waals surface area contributed by atoms with Gasteiger partial charge in [-0.1, -0.05) is 13.8 Å². The molecule has 1 heterocycles. The second kappa shape index (κ2) is 7.84. The van der Waals surface area contributed by atoms with Crippen LogP contribution in [0.5, 0.6) is 0 Å². The topological polar surface area (TPSA) is 50.8 Å². The van der Waals surface area contributed by atoms with Crippen LogP contribution in [0.25, 0.3) is 0 Å². The first-order valence-corrected chi connectivity index (χ1v) is 7.60. The number of amides is 1. The van der Waals surface area contributed by atoms with E-state index in [4.69, 9.17) is 9.57 Å². The largest absolute Gasteiger partial charge is 0.444 e. The molecule has 1 saturated heterocycles. The van der Waals surface area contributed by atoms with Crippen LogP contribution in [-0.2, 0) is 9.57 Å². The fraction of sp³-hybridized carbons (Fsp3) is 0.933. The van der Waals surface area contributed by atoms with Crippen LogP contribution in [0.2, 0.25) is 0 Å². The van der Waals surface area contributed by atoms with E-state index in [9.17, 15) is 4.79 Å². The maximum atomic E-state index is 12.0. The summed E-state index contributed by atoms with van der Waals surface area (Å²) in [5.74, 6) is 0.954. The van der Waals surface area contributed by atoms with E-state index in [-0.39, 0.29) is 6.09 Å². The summed E-state index contributed by atoms with van der Waals surface area (Å²) in [5, 5.41) is 0. The molecule has 1 aliphatic heterocycles. The van der Waals surface area contributed by atoms with Crippen LogP contribution < -0.4 is 5.48 Å². The number of nitrogens with zero attached hydrogens (tertiary/aromatic N) is 1. The molecule has 5 heteroatoms. The lowest BCUT2D eigenvalue weighted by Crippen LogP contribution is -2.45. The number of hydroxylamine groups is 1. The maximum Gasteiger partial charge on any atom is 0.410 e. The van der Waals surface area contributed by atoms with Crippen LogP contribution in [0.3, 0.4) is 0 Å². The maximum absolute atomic E-state index is 12.0. The molecule has 1 unspecified atom stereocenters. The first-order chi connectivity index (χ1) is 9.28. The van der Waals surface area contributed by atoms with Gasteiger partial charge in [-0.25, -0.2) is 10.3 Å². The van der Waals surface area contributed by atoms with Crippen molar-refractivity contribution < 1.29 is 14.4 Å². The van der Waals surface area contributed by atoms with Gasteiger partial charge in [-0.2, -0.15) is 0 Å². The molecule has 0 aromatic rings. The van der Waals surface area contributed by atoms with Gasteiger partial charge < -0.3 is 14.5 Å². The molecule has 20 heavy (non-hydrogen) atoms. The molecule has 1 N–H and O–H groups in total. The van der Waals surface area contributed by atoms with Crippen molar-refractivity contribution in [2.75, 3.05) is 26.2 Å². The molecular formula is C15H30N2O3. The number of nitrogens with one attached hydrogen (secondary N) is 1. The molecule has 1 aliphatic rings. The predicted octanol–water partition coefficient (Wildman–Crippen LogP) is 2.81. The highest BCUT2D eigenvalue weighted by molar-refractivity contribution is 5.68. The van der Waals surface area contributed by atoms with Crippen molar-refractivity contribution in [2.45, 2.75) is 53.1 Å². The lowest BCUT2D eigenvalue weighted by atomic mass is 9.99. The minimum absolute atomic E-state index is 0.203. The number of hydrogen-bond acceptors (Lipinski definition) is 4. The van der Waals surface area contributed by atoms with E-state index < -0.39 is 5.60 Å². The smallest absolute Gasteiger partial charge is 0.410 e. The molecule has 0 spiro atoms.